The fraction of sp³-hybridized carbons (Fsp3) is 0.619. The minimum absolute atomic E-state index is 0.112. The van der Waals surface area contributed by atoms with Gasteiger partial charge in [-0.15, -0.1) is 0 Å². The number of nitrogens with one attached hydrogen (secondary N) is 6. The second-order valence-corrected chi connectivity index (χ2v) is 17.0. The number of carboxylic acids is 2. The highest BCUT2D eigenvalue weighted by Crippen LogP contribution is 2.29. The van der Waals surface area contributed by atoms with Crippen LogP contribution in [-0.4, -0.2) is 106 Å². The van der Waals surface area contributed by atoms with Crippen molar-refractivity contribution in [2.45, 2.75) is 149 Å². The van der Waals surface area contributed by atoms with Gasteiger partial charge < -0.3 is 47.8 Å². The van der Waals surface area contributed by atoms with Gasteiger partial charge in [0.15, 0.2) is 0 Å². The Balaban J connectivity index is 2.46. The fourth-order valence-corrected chi connectivity index (χ4v) is 6.37. The van der Waals surface area contributed by atoms with E-state index in [0.717, 1.165) is 5.56 Å². The van der Waals surface area contributed by atoms with Gasteiger partial charge in [-0.05, 0) is 61.5 Å². The van der Waals surface area contributed by atoms with E-state index >= 15 is 0 Å². The van der Waals surface area contributed by atoms with Crippen molar-refractivity contribution < 1.29 is 58.2 Å². The Morgan fingerprint density at radius 1 is 0.705 bits per heavy atom. The maximum absolute atomic E-state index is 14.3. The Hall–Kier alpha value is -5.88. The number of amides is 7. The van der Waals surface area contributed by atoms with Gasteiger partial charge in [0.05, 0.1) is 12.5 Å². The number of hydrogen-bond donors (Lipinski definition) is 9. The summed E-state index contributed by atoms with van der Waals surface area (Å²) in [5, 5.41) is 34.1. The molecule has 0 aromatic heterocycles. The minimum atomic E-state index is -1.61. The lowest BCUT2D eigenvalue weighted by Crippen LogP contribution is -2.62. The van der Waals surface area contributed by atoms with Gasteiger partial charge in [0.2, 0.25) is 41.2 Å². The Bertz CT molecular complexity index is 1790. The zero-order chi connectivity index (χ0) is 46.2. The molecule has 6 atom stereocenters. The first-order chi connectivity index (χ1) is 28.4. The summed E-state index contributed by atoms with van der Waals surface area (Å²) in [6.07, 6.45) is 0.497. The van der Waals surface area contributed by atoms with E-state index in [1.165, 1.54) is 0 Å². The van der Waals surface area contributed by atoms with Crippen molar-refractivity contribution >= 4 is 59.1 Å². The Kier molecular flexibility index (Phi) is 20.0. The molecule has 61 heavy (non-hydrogen) atoms. The van der Waals surface area contributed by atoms with E-state index in [-0.39, 0.29) is 31.1 Å². The van der Waals surface area contributed by atoms with E-state index in [4.69, 9.17) is 5.73 Å². The van der Waals surface area contributed by atoms with Crippen LogP contribution in [0.25, 0.3) is 0 Å². The maximum Gasteiger partial charge on any atom is 0.305 e. The number of carbonyl (C=O) groups excluding carboxylic acids is 8. The van der Waals surface area contributed by atoms with Gasteiger partial charge in [-0.25, -0.2) is 0 Å². The fourth-order valence-electron chi connectivity index (χ4n) is 6.37. The van der Waals surface area contributed by atoms with Crippen LogP contribution in [0.1, 0.15) is 110 Å². The highest BCUT2D eigenvalue weighted by Gasteiger charge is 2.39. The van der Waals surface area contributed by atoms with Crippen molar-refractivity contribution in [3.8, 4) is 0 Å². The number of Topliss-reactive ketones (excluding diaryl/α,β-unsaturated/α-hetero) is 1. The predicted octanol–water partition coefficient (Wildman–Crippen LogP) is 0.533. The molecule has 19 nitrogen and oxygen atoms in total. The monoisotopic (exact) mass is 857 g/mol. The molecule has 0 spiro atoms. The summed E-state index contributed by atoms with van der Waals surface area (Å²) in [6.45, 7) is 12.2. The molecule has 1 aliphatic carbocycles. The van der Waals surface area contributed by atoms with Gasteiger partial charge in [-0.3, -0.25) is 47.9 Å². The molecule has 0 bridgehead atoms. The standard InChI is InChI=1S/C42H63N7O12/c1-8-9-14-26(33(54)35(43)55)44-38(58)28(19-22(2)3)48-41(61)34(42(5,6)7)49-40(60)29(20-25-13-11-10-12-23(25)4)47-37(57)27(17-18-31(50)51)45-39(59)30(21-32(52)53)46-36(56)24-15-16-24/h10-13,22,24,26-30,34H,8-9,14-21H2,1-7H3,(H2,43,55)(H,44,58)(H,45,59)(H,46,56)(H,47,57)(H,48,61)(H,49,60)(H,50,51)(H,52,53)/t26?,27-,28-,29-,30-,34+/m0/s1. The van der Waals surface area contributed by atoms with Gasteiger partial charge in [-0.1, -0.05) is 78.6 Å². The number of carboxylic acid groups (broad SMARTS) is 2. The molecule has 19 heteroatoms. The van der Waals surface area contributed by atoms with Gasteiger partial charge in [0.25, 0.3) is 5.91 Å². The molecule has 1 aromatic carbocycles. The molecule has 0 aliphatic heterocycles. The average Bonchev–Trinajstić information content (AvgIpc) is 4.01. The molecule has 0 heterocycles. The third-order valence-corrected chi connectivity index (χ3v) is 10.0. The third-order valence-electron chi connectivity index (χ3n) is 10.0. The van der Waals surface area contributed by atoms with Crippen molar-refractivity contribution in [1.82, 2.24) is 31.9 Å². The lowest BCUT2D eigenvalue weighted by atomic mass is 9.85. The predicted molar refractivity (Wildman–Crippen MR) is 221 cm³/mol. The van der Waals surface area contributed by atoms with Gasteiger partial charge >= 0.3 is 11.9 Å². The van der Waals surface area contributed by atoms with Gasteiger partial charge in [0.1, 0.15) is 30.2 Å². The number of rotatable bonds is 26. The van der Waals surface area contributed by atoms with Gasteiger partial charge in [-0.2, -0.15) is 0 Å². The zero-order valence-corrected chi connectivity index (χ0v) is 36.1. The Morgan fingerprint density at radius 2 is 1.25 bits per heavy atom. The van der Waals surface area contributed by atoms with E-state index in [1.807, 2.05) is 6.92 Å². The summed E-state index contributed by atoms with van der Waals surface area (Å²) in [6, 6.07) is -1.43. The van der Waals surface area contributed by atoms with E-state index in [1.54, 1.807) is 65.8 Å². The molecule has 1 aromatic rings. The summed E-state index contributed by atoms with van der Waals surface area (Å²) in [5.41, 5.74) is 5.59. The molecule has 1 saturated carbocycles. The summed E-state index contributed by atoms with van der Waals surface area (Å²) in [4.78, 5) is 129. The highest BCUT2D eigenvalue weighted by atomic mass is 16.4. The molecular weight excluding hydrogens is 794 g/mol. The molecule has 2 rings (SSSR count). The lowest BCUT2D eigenvalue weighted by molar-refractivity contribution is -0.141. The van der Waals surface area contributed by atoms with Crippen LogP contribution in [0, 0.1) is 24.2 Å². The first-order valence-electron chi connectivity index (χ1n) is 20.6. The highest BCUT2D eigenvalue weighted by molar-refractivity contribution is 6.37. The number of aliphatic carboxylic acids is 2. The Morgan fingerprint density at radius 3 is 1.77 bits per heavy atom. The van der Waals surface area contributed by atoms with E-state index in [9.17, 15) is 58.2 Å². The van der Waals surface area contributed by atoms with Crippen molar-refractivity contribution in [2.75, 3.05) is 0 Å². The van der Waals surface area contributed by atoms with Crippen LogP contribution < -0.4 is 37.6 Å². The minimum Gasteiger partial charge on any atom is -0.481 e. The number of benzene rings is 1. The van der Waals surface area contributed by atoms with Crippen molar-refractivity contribution in [1.29, 1.82) is 0 Å². The molecule has 1 unspecified atom stereocenters. The van der Waals surface area contributed by atoms with Crippen LogP contribution in [-0.2, 0) is 54.4 Å². The van der Waals surface area contributed by atoms with Crippen LogP contribution in [0.2, 0.25) is 0 Å². The molecular formula is C42H63N7O12. The Labute approximate surface area is 355 Å². The first-order valence-corrected chi connectivity index (χ1v) is 20.6. The summed E-state index contributed by atoms with van der Waals surface area (Å²) in [7, 11) is 0. The number of carbonyl (C=O) groups is 10. The molecule has 338 valence electrons. The van der Waals surface area contributed by atoms with Crippen LogP contribution in [0.3, 0.4) is 0 Å². The van der Waals surface area contributed by atoms with E-state index in [2.05, 4.69) is 31.9 Å². The van der Waals surface area contributed by atoms with Crippen molar-refractivity contribution in [3.05, 3.63) is 35.4 Å². The van der Waals surface area contributed by atoms with Crippen molar-refractivity contribution in [2.24, 2.45) is 23.0 Å². The lowest BCUT2D eigenvalue weighted by Gasteiger charge is -2.34. The topological polar surface area (TPSA) is 309 Å². The van der Waals surface area contributed by atoms with Gasteiger partial charge in [0, 0.05) is 18.8 Å². The zero-order valence-electron chi connectivity index (χ0n) is 36.1. The third kappa shape index (κ3) is 17.7. The van der Waals surface area contributed by atoms with Crippen LogP contribution in [0.15, 0.2) is 24.3 Å². The second kappa shape index (κ2) is 23.8. The molecule has 0 saturated heterocycles. The van der Waals surface area contributed by atoms with Crippen molar-refractivity contribution in [3.63, 3.8) is 0 Å². The average molecular weight is 858 g/mol. The van der Waals surface area contributed by atoms with Crippen LogP contribution in [0.4, 0.5) is 0 Å². The SMILES string of the molecule is CCCCC(NC(=O)[C@H](CC(C)C)NC(=O)[C@@H](NC(=O)[C@H](Cc1ccccc1C)NC(=O)[C@H](CCC(=O)O)NC(=O)[C@H](CC(=O)O)NC(=O)C1CC1)C(C)(C)C)C(=O)C(N)=O. The maximum atomic E-state index is 14.3. The molecule has 10 N–H and O–H groups in total. The molecule has 7 amide bonds. The summed E-state index contributed by atoms with van der Waals surface area (Å²) < 4.78 is 0. The molecule has 1 aliphatic rings. The number of aryl methyl sites for hydroxylation is 1. The number of hydrogen-bond acceptors (Lipinski definition) is 10. The summed E-state index contributed by atoms with van der Waals surface area (Å²) in [5.74, 6) is -10.4. The van der Waals surface area contributed by atoms with Crippen LogP contribution >= 0.6 is 0 Å². The number of unbranched alkanes of at least 4 members (excludes halogenated alkanes) is 1. The van der Waals surface area contributed by atoms with E-state index < -0.39 is 120 Å². The molecule has 1 fully saturated rings. The van der Waals surface area contributed by atoms with Crippen LogP contribution in [0.5, 0.6) is 0 Å². The smallest absolute Gasteiger partial charge is 0.305 e. The van der Waals surface area contributed by atoms with E-state index in [0.29, 0.717) is 31.2 Å². The molecule has 0 radical (unpaired) electrons. The summed E-state index contributed by atoms with van der Waals surface area (Å²) >= 11 is 0. The second-order valence-electron chi connectivity index (χ2n) is 17.0. The largest absolute Gasteiger partial charge is 0.481 e. The normalized spacial score (nSPS) is 15.4. The quantitative estimate of drug-likeness (QED) is 0.0577. The number of primary amides is 1. The first kappa shape index (κ1) is 51.3. The number of ketones is 1. The number of nitrogens with two attached hydrogens (primary N) is 1.